The van der Waals surface area contributed by atoms with Crippen LogP contribution in [0.1, 0.15) is 15.9 Å². The molecule has 2 rings (SSSR count). The van der Waals surface area contributed by atoms with E-state index in [0.29, 0.717) is 5.56 Å². The number of benzene rings is 1. The lowest BCUT2D eigenvalue weighted by molar-refractivity contribution is -0.385. The third-order valence-corrected chi connectivity index (χ3v) is 3.05. The highest BCUT2D eigenvalue weighted by Crippen LogP contribution is 2.21. The number of nitrogens with zero attached hydrogens (tertiary/aromatic N) is 2. The number of carbonyl (C=O) groups excluding carboxylic acids is 1. The van der Waals surface area contributed by atoms with Gasteiger partial charge in [0, 0.05) is 23.3 Å². The maximum absolute atomic E-state index is 12.1. The van der Waals surface area contributed by atoms with E-state index in [1.807, 2.05) is 0 Å². The molecule has 0 unspecified atom stereocenters. The highest BCUT2D eigenvalue weighted by Gasteiger charge is 2.28. The number of aryl methyl sites for hydroxylation is 1. The second-order valence-electron chi connectivity index (χ2n) is 5.00. The van der Waals surface area contributed by atoms with Crippen LogP contribution >= 0.6 is 0 Å². The van der Waals surface area contributed by atoms with Crippen LogP contribution in [0.15, 0.2) is 36.5 Å². The Labute approximate surface area is 139 Å². The number of rotatable bonds is 5. The topological polar surface area (TPSA) is 94.4 Å². The van der Waals surface area contributed by atoms with E-state index in [1.165, 1.54) is 24.3 Å². The van der Waals surface area contributed by atoms with Crippen molar-refractivity contribution in [3.63, 3.8) is 0 Å². The van der Waals surface area contributed by atoms with Gasteiger partial charge in [0.15, 0.2) is 6.61 Å². The maximum Gasteiger partial charge on any atom is 0.422 e. The number of nitrogens with one attached hydrogen (secondary N) is 1. The molecular weight excluding hydrogens is 343 g/mol. The molecule has 0 atom stereocenters. The van der Waals surface area contributed by atoms with Crippen LogP contribution in [-0.2, 0) is 0 Å². The van der Waals surface area contributed by atoms with Crippen molar-refractivity contribution in [1.29, 1.82) is 0 Å². The molecule has 1 aromatic carbocycles. The third-order valence-electron chi connectivity index (χ3n) is 3.05. The van der Waals surface area contributed by atoms with Gasteiger partial charge in [0.1, 0.15) is 0 Å². The summed E-state index contributed by atoms with van der Waals surface area (Å²) in [4.78, 5) is 26.0. The van der Waals surface area contributed by atoms with Crippen LogP contribution in [0.4, 0.5) is 24.5 Å². The number of hydrogen-bond acceptors (Lipinski definition) is 5. The molecule has 132 valence electrons. The number of aromatic nitrogens is 1. The minimum absolute atomic E-state index is 0.0645. The van der Waals surface area contributed by atoms with Crippen LogP contribution in [0.25, 0.3) is 0 Å². The van der Waals surface area contributed by atoms with Gasteiger partial charge in [0.25, 0.3) is 11.6 Å². The molecular formula is C15H12F3N3O4. The summed E-state index contributed by atoms with van der Waals surface area (Å²) in [6.07, 6.45) is -3.36. The number of nitro benzene ring substituents is 1. The van der Waals surface area contributed by atoms with Crippen molar-refractivity contribution in [2.45, 2.75) is 13.1 Å². The molecule has 0 aliphatic heterocycles. The highest BCUT2D eigenvalue weighted by molar-refractivity contribution is 6.04. The van der Waals surface area contributed by atoms with Crippen molar-refractivity contribution in [1.82, 2.24) is 4.98 Å². The fraction of sp³-hybridized carbons (Fsp3) is 0.200. The molecule has 2 aromatic rings. The van der Waals surface area contributed by atoms with E-state index in [0.717, 1.165) is 12.3 Å². The number of alkyl halides is 3. The Kier molecular flexibility index (Phi) is 5.20. The van der Waals surface area contributed by atoms with Gasteiger partial charge in [-0.25, -0.2) is 4.98 Å². The Hall–Kier alpha value is -3.17. The van der Waals surface area contributed by atoms with Crippen LogP contribution in [-0.4, -0.2) is 28.6 Å². The van der Waals surface area contributed by atoms with Crippen LogP contribution < -0.4 is 10.1 Å². The zero-order valence-corrected chi connectivity index (χ0v) is 12.8. The molecule has 10 heteroatoms. The number of anilines is 1. The van der Waals surface area contributed by atoms with E-state index in [4.69, 9.17) is 0 Å². The van der Waals surface area contributed by atoms with Gasteiger partial charge in [-0.3, -0.25) is 14.9 Å². The van der Waals surface area contributed by atoms with Gasteiger partial charge in [-0.05, 0) is 19.1 Å². The van der Waals surface area contributed by atoms with Crippen molar-refractivity contribution in [3.05, 3.63) is 57.8 Å². The van der Waals surface area contributed by atoms with Gasteiger partial charge >= 0.3 is 6.18 Å². The first kappa shape index (κ1) is 18.2. The van der Waals surface area contributed by atoms with Crippen LogP contribution in [0.5, 0.6) is 5.88 Å². The lowest BCUT2D eigenvalue weighted by Gasteiger charge is -2.09. The molecule has 25 heavy (non-hydrogen) atoms. The molecule has 0 spiro atoms. The maximum atomic E-state index is 12.1. The predicted octanol–water partition coefficient (Wildman–Crippen LogP) is 3.49. The van der Waals surface area contributed by atoms with E-state index in [9.17, 15) is 28.1 Å². The molecule has 1 aromatic heterocycles. The molecule has 0 fully saturated rings. The number of hydrogen-bond donors (Lipinski definition) is 1. The van der Waals surface area contributed by atoms with Crippen molar-refractivity contribution in [2.24, 2.45) is 0 Å². The fourth-order valence-electron chi connectivity index (χ4n) is 1.85. The molecule has 0 aliphatic carbocycles. The van der Waals surface area contributed by atoms with Crippen molar-refractivity contribution < 1.29 is 27.6 Å². The molecule has 0 radical (unpaired) electrons. The molecule has 0 bridgehead atoms. The summed E-state index contributed by atoms with van der Waals surface area (Å²) in [5, 5.41) is 13.3. The molecule has 1 amide bonds. The van der Waals surface area contributed by atoms with Gasteiger partial charge < -0.3 is 10.1 Å². The number of pyridine rings is 1. The second-order valence-corrected chi connectivity index (χ2v) is 5.00. The smallest absolute Gasteiger partial charge is 0.422 e. The van der Waals surface area contributed by atoms with Gasteiger partial charge in [-0.2, -0.15) is 13.2 Å². The van der Waals surface area contributed by atoms with Crippen LogP contribution in [0, 0.1) is 17.0 Å². The summed E-state index contributed by atoms with van der Waals surface area (Å²) >= 11 is 0. The lowest BCUT2D eigenvalue weighted by Crippen LogP contribution is -2.19. The standard InChI is InChI=1S/C15H12F3N3O4/c1-9-2-3-10(6-12(9)21(23)24)14(22)20-11-4-5-13(19-7-11)25-8-15(16,17)18/h2-7H,8H2,1H3,(H,20,22). The Balaban J connectivity index is 2.06. The summed E-state index contributed by atoms with van der Waals surface area (Å²) in [7, 11) is 0. The van der Waals surface area contributed by atoms with Crippen LogP contribution in [0.3, 0.4) is 0 Å². The molecule has 1 heterocycles. The zero-order valence-electron chi connectivity index (χ0n) is 12.8. The largest absolute Gasteiger partial charge is 0.468 e. The van der Waals surface area contributed by atoms with E-state index in [2.05, 4.69) is 15.0 Å². The van der Waals surface area contributed by atoms with Gasteiger partial charge in [0.2, 0.25) is 5.88 Å². The summed E-state index contributed by atoms with van der Waals surface area (Å²) in [5.74, 6) is -0.866. The van der Waals surface area contributed by atoms with E-state index < -0.39 is 23.6 Å². The SMILES string of the molecule is Cc1ccc(C(=O)Nc2ccc(OCC(F)(F)F)nc2)cc1[N+](=O)[O-]. The van der Waals surface area contributed by atoms with Crippen molar-refractivity contribution in [3.8, 4) is 5.88 Å². The summed E-state index contributed by atoms with van der Waals surface area (Å²) in [6.45, 7) is 0.0716. The Morgan fingerprint density at radius 3 is 2.60 bits per heavy atom. The predicted molar refractivity (Wildman–Crippen MR) is 81.6 cm³/mol. The quantitative estimate of drug-likeness (QED) is 0.654. The molecule has 0 saturated carbocycles. The minimum Gasteiger partial charge on any atom is -0.468 e. The Morgan fingerprint density at radius 2 is 2.04 bits per heavy atom. The fourth-order valence-corrected chi connectivity index (χ4v) is 1.85. The average Bonchev–Trinajstić information content (AvgIpc) is 2.53. The molecule has 1 N–H and O–H groups in total. The van der Waals surface area contributed by atoms with Gasteiger partial charge in [0.05, 0.1) is 16.8 Å². The first-order valence-electron chi connectivity index (χ1n) is 6.88. The zero-order chi connectivity index (χ0) is 18.6. The second kappa shape index (κ2) is 7.16. The summed E-state index contributed by atoms with van der Waals surface area (Å²) < 4.78 is 40.6. The number of amides is 1. The van der Waals surface area contributed by atoms with Gasteiger partial charge in [-0.1, -0.05) is 6.07 Å². The first-order chi connectivity index (χ1) is 11.7. The van der Waals surface area contributed by atoms with Crippen molar-refractivity contribution >= 4 is 17.3 Å². The summed E-state index contributed by atoms with van der Waals surface area (Å²) in [6, 6.07) is 6.47. The van der Waals surface area contributed by atoms with E-state index in [1.54, 1.807) is 6.92 Å². The average molecular weight is 355 g/mol. The minimum atomic E-state index is -4.48. The van der Waals surface area contributed by atoms with Crippen LogP contribution in [0.2, 0.25) is 0 Å². The Bertz CT molecular complexity index is 792. The monoisotopic (exact) mass is 355 g/mol. The first-order valence-corrected chi connectivity index (χ1v) is 6.88. The highest BCUT2D eigenvalue weighted by atomic mass is 19.4. The normalized spacial score (nSPS) is 11.0. The van der Waals surface area contributed by atoms with E-state index in [-0.39, 0.29) is 22.8 Å². The van der Waals surface area contributed by atoms with Gasteiger partial charge in [-0.15, -0.1) is 0 Å². The number of ether oxygens (including phenoxy) is 1. The number of halogens is 3. The van der Waals surface area contributed by atoms with E-state index >= 15 is 0 Å². The Morgan fingerprint density at radius 1 is 1.32 bits per heavy atom. The molecule has 0 aliphatic rings. The number of nitro groups is 1. The molecule has 0 saturated heterocycles. The molecule has 7 nitrogen and oxygen atoms in total. The van der Waals surface area contributed by atoms with Crippen molar-refractivity contribution in [2.75, 3.05) is 11.9 Å². The number of carbonyl (C=O) groups is 1. The summed E-state index contributed by atoms with van der Waals surface area (Å²) in [5.41, 5.74) is 0.485. The third kappa shape index (κ3) is 5.16. The lowest BCUT2D eigenvalue weighted by atomic mass is 10.1.